The maximum atomic E-state index is 15.4. The highest BCUT2D eigenvalue weighted by molar-refractivity contribution is 7.10. The number of nitriles is 1. The summed E-state index contributed by atoms with van der Waals surface area (Å²) in [6.07, 6.45) is 6.47. The van der Waals surface area contributed by atoms with Gasteiger partial charge in [0.2, 0.25) is 5.95 Å². The second-order valence-electron chi connectivity index (χ2n) is 9.31. The van der Waals surface area contributed by atoms with Gasteiger partial charge in [-0.15, -0.1) is 21.5 Å². The van der Waals surface area contributed by atoms with Gasteiger partial charge in [-0.05, 0) is 44.2 Å². The highest BCUT2D eigenvalue weighted by atomic mass is 32.1. The lowest BCUT2D eigenvalue weighted by Crippen LogP contribution is -2.62. The van der Waals surface area contributed by atoms with Gasteiger partial charge in [-0.2, -0.15) is 5.26 Å². The van der Waals surface area contributed by atoms with Crippen molar-refractivity contribution in [2.45, 2.75) is 68.9 Å². The van der Waals surface area contributed by atoms with Crippen molar-refractivity contribution >= 4 is 17.3 Å². The van der Waals surface area contributed by atoms with Crippen LogP contribution in [0.4, 0.5) is 10.3 Å². The number of aromatic nitrogens is 4. The summed E-state index contributed by atoms with van der Waals surface area (Å²) in [4.78, 5) is 10.9. The van der Waals surface area contributed by atoms with E-state index in [4.69, 9.17) is 5.26 Å². The molecule has 2 bridgehead atoms. The zero-order valence-electron chi connectivity index (χ0n) is 18.4. The molecular weight excluding hydrogens is 453 g/mol. The van der Waals surface area contributed by atoms with Crippen LogP contribution in [0.5, 0.6) is 5.75 Å². The summed E-state index contributed by atoms with van der Waals surface area (Å²) in [6, 6.07) is 7.46. The first-order chi connectivity index (χ1) is 16.6. The maximum absolute atomic E-state index is 15.4. The van der Waals surface area contributed by atoms with Crippen LogP contribution in [0.25, 0.3) is 22.5 Å². The molecule has 0 amide bonds. The first-order valence-corrected chi connectivity index (χ1v) is 12.6. The van der Waals surface area contributed by atoms with Crippen molar-refractivity contribution in [1.29, 1.82) is 5.26 Å². The maximum Gasteiger partial charge on any atom is 0.245 e. The van der Waals surface area contributed by atoms with Crippen LogP contribution in [-0.2, 0) is 0 Å². The third kappa shape index (κ3) is 3.89. The number of alkyl halides is 1. The molecule has 174 valence electrons. The standard InChI is InChI=1S/C24H24FN7OS/c25-23-17-3-1-2-14(28-17)9-20(23)32(15-5-6-15)24-27-11-18(30-31-24)16-7-4-13(8-21(16)33)19-12-34-22(10-26)29-19/h4,7-8,11-12,14-15,17,20,23,28,33H,1-3,5-6,9H2/t14-,17-,20-,23+/m0/s1. The molecule has 4 heterocycles. The van der Waals surface area contributed by atoms with Crippen molar-refractivity contribution in [2.24, 2.45) is 0 Å². The van der Waals surface area contributed by atoms with Gasteiger partial charge in [0.15, 0.2) is 5.01 Å². The summed E-state index contributed by atoms with van der Waals surface area (Å²) in [5.74, 6) is 0.489. The minimum atomic E-state index is -0.954. The molecular formula is C24H24FN7OS. The van der Waals surface area contributed by atoms with Crippen LogP contribution in [0.15, 0.2) is 29.8 Å². The second-order valence-corrected chi connectivity index (χ2v) is 10.2. The van der Waals surface area contributed by atoms with E-state index in [1.54, 1.807) is 23.7 Å². The average Bonchev–Trinajstić information content (AvgIpc) is 3.57. The molecule has 2 aliphatic heterocycles. The molecule has 1 aromatic carbocycles. The van der Waals surface area contributed by atoms with Gasteiger partial charge in [0.1, 0.15) is 23.7 Å². The van der Waals surface area contributed by atoms with E-state index in [0.717, 1.165) is 38.5 Å². The lowest BCUT2D eigenvalue weighted by Gasteiger charge is -2.46. The quantitative estimate of drug-likeness (QED) is 0.570. The number of nitrogens with zero attached hydrogens (tertiary/aromatic N) is 6. The van der Waals surface area contributed by atoms with E-state index < -0.39 is 6.17 Å². The van der Waals surface area contributed by atoms with Crippen molar-refractivity contribution in [3.8, 4) is 34.3 Å². The lowest BCUT2D eigenvalue weighted by atomic mass is 9.82. The fraction of sp³-hybridized carbons (Fsp3) is 0.458. The van der Waals surface area contributed by atoms with E-state index in [1.807, 2.05) is 12.1 Å². The Morgan fingerprint density at radius 3 is 2.76 bits per heavy atom. The monoisotopic (exact) mass is 477 g/mol. The first kappa shape index (κ1) is 21.4. The number of rotatable bonds is 5. The number of thiazole rings is 1. The molecule has 2 saturated heterocycles. The van der Waals surface area contributed by atoms with Crippen LogP contribution in [-0.4, -0.2) is 55.6 Å². The van der Waals surface area contributed by atoms with Crippen LogP contribution in [0.1, 0.15) is 43.5 Å². The Morgan fingerprint density at radius 2 is 2.06 bits per heavy atom. The predicted molar refractivity (Wildman–Crippen MR) is 126 cm³/mol. The molecule has 0 spiro atoms. The van der Waals surface area contributed by atoms with E-state index in [1.165, 1.54) is 11.3 Å². The summed E-state index contributed by atoms with van der Waals surface area (Å²) < 4.78 is 15.4. The molecule has 3 fully saturated rings. The molecule has 0 radical (unpaired) electrons. The number of aromatic hydroxyl groups is 1. The third-order valence-corrected chi connectivity index (χ3v) is 7.79. The number of phenolic OH excluding ortho intramolecular Hbond substituents is 1. The Balaban J connectivity index is 1.25. The molecule has 10 heteroatoms. The van der Waals surface area contributed by atoms with Crippen molar-refractivity contribution in [1.82, 2.24) is 25.5 Å². The Morgan fingerprint density at radius 1 is 1.18 bits per heavy atom. The minimum Gasteiger partial charge on any atom is -0.507 e. The number of fused-ring (bicyclic) bond motifs is 2. The molecule has 2 N–H and O–H groups in total. The number of hydrogen-bond acceptors (Lipinski definition) is 9. The van der Waals surface area contributed by atoms with Crippen LogP contribution in [0, 0.1) is 11.3 Å². The highest BCUT2D eigenvalue weighted by Crippen LogP contribution is 2.39. The van der Waals surface area contributed by atoms with Crippen molar-refractivity contribution in [3.63, 3.8) is 0 Å². The van der Waals surface area contributed by atoms with E-state index in [2.05, 4.69) is 30.4 Å². The van der Waals surface area contributed by atoms with Crippen molar-refractivity contribution < 1.29 is 9.50 Å². The fourth-order valence-electron chi connectivity index (χ4n) is 5.26. The zero-order valence-corrected chi connectivity index (χ0v) is 19.2. The largest absolute Gasteiger partial charge is 0.507 e. The van der Waals surface area contributed by atoms with Gasteiger partial charge in [0.25, 0.3) is 0 Å². The molecule has 1 saturated carbocycles. The minimum absolute atomic E-state index is 0.0295. The Kier molecular flexibility index (Phi) is 5.38. The molecule has 3 aliphatic rings. The predicted octanol–water partition coefficient (Wildman–Crippen LogP) is 3.83. The molecule has 4 atom stereocenters. The summed E-state index contributed by atoms with van der Waals surface area (Å²) in [7, 11) is 0. The van der Waals surface area contributed by atoms with Crippen molar-refractivity contribution in [2.75, 3.05) is 4.90 Å². The van der Waals surface area contributed by atoms with Gasteiger partial charge in [-0.1, -0.05) is 12.5 Å². The van der Waals surface area contributed by atoms with Gasteiger partial charge in [-0.25, -0.2) is 14.4 Å². The van der Waals surface area contributed by atoms with Crippen molar-refractivity contribution in [3.05, 3.63) is 34.8 Å². The van der Waals surface area contributed by atoms with E-state index >= 15 is 4.39 Å². The summed E-state index contributed by atoms with van der Waals surface area (Å²) in [5, 5.41) is 33.9. The van der Waals surface area contributed by atoms with Crippen LogP contribution < -0.4 is 10.2 Å². The highest BCUT2D eigenvalue weighted by Gasteiger charge is 2.47. The zero-order chi connectivity index (χ0) is 23.2. The number of phenols is 1. The summed E-state index contributed by atoms with van der Waals surface area (Å²) >= 11 is 1.26. The van der Waals surface area contributed by atoms with Gasteiger partial charge >= 0.3 is 0 Å². The van der Waals surface area contributed by atoms with Crippen LogP contribution in [0.3, 0.4) is 0 Å². The van der Waals surface area contributed by atoms with Crippen LogP contribution in [0.2, 0.25) is 0 Å². The third-order valence-electron chi connectivity index (χ3n) is 7.04. The normalized spacial score (nSPS) is 26.1. The molecule has 34 heavy (non-hydrogen) atoms. The van der Waals surface area contributed by atoms with E-state index in [-0.39, 0.29) is 23.9 Å². The topological polar surface area (TPSA) is 111 Å². The van der Waals surface area contributed by atoms with Gasteiger partial charge in [-0.3, -0.25) is 0 Å². The molecule has 1 aliphatic carbocycles. The Hall–Kier alpha value is -3.16. The second kappa shape index (κ2) is 8.56. The number of anilines is 1. The number of piperidine rings is 2. The Bertz CT molecular complexity index is 1240. The molecule has 3 aromatic rings. The van der Waals surface area contributed by atoms with Gasteiger partial charge in [0, 0.05) is 34.6 Å². The van der Waals surface area contributed by atoms with Crippen LogP contribution >= 0.6 is 11.3 Å². The first-order valence-electron chi connectivity index (χ1n) is 11.7. The van der Waals surface area contributed by atoms with E-state index in [9.17, 15) is 5.11 Å². The number of hydrogen-bond donors (Lipinski definition) is 2. The number of benzene rings is 1. The summed E-state index contributed by atoms with van der Waals surface area (Å²) in [6.45, 7) is 0. The lowest BCUT2D eigenvalue weighted by molar-refractivity contribution is 0.103. The van der Waals surface area contributed by atoms with Gasteiger partial charge < -0.3 is 15.3 Å². The molecule has 8 nitrogen and oxygen atoms in total. The SMILES string of the molecule is N#Cc1nc(-c2ccc(-c3cnc(N(C4CC4)[C@H]4C[C@@H]5CCC[C@H](N5)[C@H]4F)nn3)c(O)c2)cs1. The van der Waals surface area contributed by atoms with E-state index in [0.29, 0.717) is 39.5 Å². The smallest absolute Gasteiger partial charge is 0.245 e. The molecule has 6 rings (SSSR count). The number of nitrogens with one attached hydrogen (secondary N) is 1. The fourth-order valence-corrected chi connectivity index (χ4v) is 5.87. The Labute approximate surface area is 200 Å². The molecule has 2 aromatic heterocycles. The number of halogens is 1. The summed E-state index contributed by atoms with van der Waals surface area (Å²) in [5.41, 5.74) is 2.29. The molecule has 0 unspecified atom stereocenters. The average molecular weight is 478 g/mol. The van der Waals surface area contributed by atoms with Gasteiger partial charge in [0.05, 0.1) is 17.9 Å².